The predicted molar refractivity (Wildman–Crippen MR) is 103 cm³/mol. The molecule has 0 aliphatic carbocycles. The molecule has 3 rings (SSSR count). The van der Waals surface area contributed by atoms with E-state index in [1.165, 1.54) is 29.7 Å². The number of carbonyl (C=O) groups excluding carboxylic acids is 2. The number of thioether (sulfide) groups is 1. The van der Waals surface area contributed by atoms with Gasteiger partial charge in [-0.05, 0) is 30.7 Å². The first kappa shape index (κ1) is 18.4. The Hall–Kier alpha value is -2.41. The van der Waals surface area contributed by atoms with Crippen LogP contribution in [0.25, 0.3) is 0 Å². The molecule has 1 aromatic heterocycles. The predicted octanol–water partition coefficient (Wildman–Crippen LogP) is 2.27. The summed E-state index contributed by atoms with van der Waals surface area (Å²) in [6.45, 7) is 4.24. The van der Waals surface area contributed by atoms with Gasteiger partial charge in [0.1, 0.15) is 12.3 Å². The van der Waals surface area contributed by atoms with Crippen molar-refractivity contribution in [2.75, 3.05) is 29.5 Å². The lowest BCUT2D eigenvalue weighted by molar-refractivity contribution is -0.122. The molecule has 0 radical (unpaired) electrons. The molecule has 1 unspecified atom stereocenters. The van der Waals surface area contributed by atoms with Crippen molar-refractivity contribution in [2.45, 2.75) is 19.5 Å². The van der Waals surface area contributed by atoms with Crippen molar-refractivity contribution in [1.29, 1.82) is 0 Å². The second-order valence-corrected chi connectivity index (χ2v) is 7.42. The van der Waals surface area contributed by atoms with Crippen LogP contribution in [0.3, 0.4) is 0 Å². The van der Waals surface area contributed by atoms with Crippen LogP contribution in [0.1, 0.15) is 22.8 Å². The molecule has 0 bridgehead atoms. The minimum atomic E-state index is -0.623. The maximum Gasteiger partial charge on any atom is 0.255 e. The zero-order valence-electron chi connectivity index (χ0n) is 14.7. The minimum absolute atomic E-state index is 0.223. The van der Waals surface area contributed by atoms with E-state index in [4.69, 9.17) is 4.42 Å². The van der Waals surface area contributed by atoms with Crippen molar-refractivity contribution in [3.05, 3.63) is 54.0 Å². The third kappa shape index (κ3) is 4.82. The Morgan fingerprint density at radius 1 is 1.19 bits per heavy atom. The lowest BCUT2D eigenvalue weighted by atomic mass is 10.2. The van der Waals surface area contributed by atoms with Crippen LogP contribution in [0.4, 0.5) is 5.69 Å². The highest BCUT2D eigenvalue weighted by molar-refractivity contribution is 7.99. The van der Waals surface area contributed by atoms with Crippen molar-refractivity contribution in [1.82, 2.24) is 10.6 Å². The number of hydrogen-bond donors (Lipinski definition) is 2. The Morgan fingerprint density at radius 3 is 2.58 bits per heavy atom. The van der Waals surface area contributed by atoms with Gasteiger partial charge < -0.3 is 20.0 Å². The fraction of sp³-hybridized carbons (Fsp3) is 0.368. The molecule has 2 heterocycles. The van der Waals surface area contributed by atoms with Gasteiger partial charge in [-0.2, -0.15) is 11.8 Å². The number of carbonyl (C=O) groups is 2. The van der Waals surface area contributed by atoms with Crippen molar-refractivity contribution in [2.24, 2.45) is 0 Å². The first-order valence-electron chi connectivity index (χ1n) is 8.66. The van der Waals surface area contributed by atoms with Crippen LogP contribution in [-0.4, -0.2) is 42.5 Å². The van der Waals surface area contributed by atoms with Crippen molar-refractivity contribution in [3.8, 4) is 0 Å². The maximum atomic E-state index is 12.2. The summed E-state index contributed by atoms with van der Waals surface area (Å²) in [7, 11) is 0. The molecule has 0 spiro atoms. The van der Waals surface area contributed by atoms with E-state index in [1.807, 2.05) is 23.9 Å². The van der Waals surface area contributed by atoms with Crippen molar-refractivity contribution >= 4 is 29.3 Å². The molecule has 26 heavy (non-hydrogen) atoms. The standard InChI is InChI=1S/C19H23N3O3S/c1-14(21-19(24)16-6-9-25-13-16)18(23)20-12-15-2-4-17(5-3-15)22-7-10-26-11-8-22/h2-6,9,13-14H,7-8,10-12H2,1H3,(H,20,23)(H,21,24). The molecule has 2 N–H and O–H groups in total. The van der Waals surface area contributed by atoms with Crippen LogP contribution in [0, 0.1) is 0 Å². The Morgan fingerprint density at radius 2 is 1.92 bits per heavy atom. The molecule has 1 saturated heterocycles. The lowest BCUT2D eigenvalue weighted by Crippen LogP contribution is -2.44. The van der Waals surface area contributed by atoms with Gasteiger partial charge in [-0.25, -0.2) is 0 Å². The summed E-state index contributed by atoms with van der Waals surface area (Å²) >= 11 is 1.99. The van der Waals surface area contributed by atoms with Gasteiger partial charge in [0.25, 0.3) is 5.91 Å². The molecule has 2 amide bonds. The van der Waals surface area contributed by atoms with E-state index in [-0.39, 0.29) is 11.8 Å². The van der Waals surface area contributed by atoms with Crippen LogP contribution >= 0.6 is 11.8 Å². The maximum absolute atomic E-state index is 12.2. The van der Waals surface area contributed by atoms with E-state index in [2.05, 4.69) is 27.7 Å². The fourth-order valence-electron chi connectivity index (χ4n) is 2.73. The Bertz CT molecular complexity index is 725. The molecular formula is C19H23N3O3S. The Balaban J connectivity index is 1.47. The zero-order valence-corrected chi connectivity index (χ0v) is 15.6. The average Bonchev–Trinajstić information content (AvgIpc) is 3.22. The summed E-state index contributed by atoms with van der Waals surface area (Å²) in [5, 5.41) is 5.51. The molecule has 0 saturated carbocycles. The van der Waals surface area contributed by atoms with Crippen LogP contribution < -0.4 is 15.5 Å². The van der Waals surface area contributed by atoms with Gasteiger partial charge in [0.05, 0.1) is 11.8 Å². The summed E-state index contributed by atoms with van der Waals surface area (Å²) in [4.78, 5) is 26.5. The van der Waals surface area contributed by atoms with Gasteiger partial charge in [-0.3, -0.25) is 9.59 Å². The molecule has 1 aromatic carbocycles. The molecule has 7 heteroatoms. The van der Waals surface area contributed by atoms with Crippen LogP contribution in [0.2, 0.25) is 0 Å². The van der Waals surface area contributed by atoms with Crippen LogP contribution in [0.5, 0.6) is 0 Å². The highest BCUT2D eigenvalue weighted by Gasteiger charge is 2.17. The first-order valence-corrected chi connectivity index (χ1v) is 9.81. The highest BCUT2D eigenvalue weighted by Crippen LogP contribution is 2.19. The number of furan rings is 1. The molecule has 1 aliphatic rings. The highest BCUT2D eigenvalue weighted by atomic mass is 32.2. The minimum Gasteiger partial charge on any atom is -0.472 e. The topological polar surface area (TPSA) is 74.6 Å². The average molecular weight is 373 g/mol. The quantitative estimate of drug-likeness (QED) is 0.813. The molecule has 1 atom stereocenters. The zero-order chi connectivity index (χ0) is 18.4. The SMILES string of the molecule is CC(NC(=O)c1ccoc1)C(=O)NCc1ccc(N2CCSCC2)cc1. The fourth-order valence-corrected chi connectivity index (χ4v) is 3.63. The van der Waals surface area contributed by atoms with E-state index in [1.54, 1.807) is 13.0 Å². The smallest absolute Gasteiger partial charge is 0.255 e. The normalized spacial score (nSPS) is 15.3. The molecule has 6 nitrogen and oxygen atoms in total. The van der Waals surface area contributed by atoms with Crippen molar-refractivity contribution in [3.63, 3.8) is 0 Å². The third-order valence-corrected chi connectivity index (χ3v) is 5.25. The lowest BCUT2D eigenvalue weighted by Gasteiger charge is -2.28. The molecule has 2 aromatic rings. The first-order chi connectivity index (χ1) is 12.6. The van der Waals surface area contributed by atoms with Crippen LogP contribution in [-0.2, 0) is 11.3 Å². The summed E-state index contributed by atoms with van der Waals surface area (Å²) in [5.41, 5.74) is 2.65. The third-order valence-electron chi connectivity index (χ3n) is 4.30. The Labute approximate surface area is 157 Å². The van der Waals surface area contributed by atoms with E-state index in [0.29, 0.717) is 12.1 Å². The second kappa shape index (κ2) is 8.80. The number of nitrogens with zero attached hydrogens (tertiary/aromatic N) is 1. The van der Waals surface area contributed by atoms with E-state index >= 15 is 0 Å². The second-order valence-electron chi connectivity index (χ2n) is 6.19. The van der Waals surface area contributed by atoms with Crippen LogP contribution in [0.15, 0.2) is 47.3 Å². The number of rotatable bonds is 6. The number of hydrogen-bond acceptors (Lipinski definition) is 5. The number of benzene rings is 1. The monoisotopic (exact) mass is 373 g/mol. The van der Waals surface area contributed by atoms with Gasteiger partial charge in [0.2, 0.25) is 5.91 Å². The molecular weight excluding hydrogens is 350 g/mol. The van der Waals surface area contributed by atoms with E-state index in [9.17, 15) is 9.59 Å². The summed E-state index contributed by atoms with van der Waals surface area (Å²) in [5.74, 6) is 1.78. The number of amides is 2. The summed E-state index contributed by atoms with van der Waals surface area (Å²) in [6.07, 6.45) is 2.77. The number of nitrogens with one attached hydrogen (secondary N) is 2. The van der Waals surface area contributed by atoms with Crippen molar-refractivity contribution < 1.29 is 14.0 Å². The molecule has 138 valence electrons. The van der Waals surface area contributed by atoms with Gasteiger partial charge in [0.15, 0.2) is 0 Å². The van der Waals surface area contributed by atoms with E-state index < -0.39 is 6.04 Å². The van der Waals surface area contributed by atoms with Gasteiger partial charge in [0, 0.05) is 36.8 Å². The molecule has 1 fully saturated rings. The largest absolute Gasteiger partial charge is 0.472 e. The Kier molecular flexibility index (Phi) is 6.22. The molecule has 1 aliphatic heterocycles. The number of anilines is 1. The van der Waals surface area contributed by atoms with Gasteiger partial charge in [-0.1, -0.05) is 12.1 Å². The van der Waals surface area contributed by atoms with Gasteiger partial charge in [-0.15, -0.1) is 0 Å². The summed E-state index contributed by atoms with van der Waals surface area (Å²) in [6, 6.07) is 9.20. The summed E-state index contributed by atoms with van der Waals surface area (Å²) < 4.78 is 4.87. The van der Waals surface area contributed by atoms with E-state index in [0.717, 1.165) is 18.7 Å². The van der Waals surface area contributed by atoms with Gasteiger partial charge >= 0.3 is 0 Å².